The van der Waals surface area contributed by atoms with Crippen LogP contribution in [-0.4, -0.2) is 12.1 Å². The minimum atomic E-state index is -0.0357. The zero-order valence-electron chi connectivity index (χ0n) is 9.00. The fourth-order valence-corrected chi connectivity index (χ4v) is 1.62. The lowest BCUT2D eigenvalue weighted by Crippen LogP contribution is -2.14. The van der Waals surface area contributed by atoms with Gasteiger partial charge >= 0.3 is 5.97 Å². The monoisotopic (exact) mass is 196 g/mol. The molecule has 0 radical (unpaired) electrons. The van der Waals surface area contributed by atoms with E-state index in [2.05, 4.69) is 12.2 Å². The summed E-state index contributed by atoms with van der Waals surface area (Å²) in [6.07, 6.45) is 11.6. The minimum Gasteiger partial charge on any atom is -0.462 e. The molecule has 0 spiro atoms. The Morgan fingerprint density at radius 1 is 1.21 bits per heavy atom. The van der Waals surface area contributed by atoms with E-state index in [1.165, 1.54) is 19.3 Å². The highest BCUT2D eigenvalue weighted by molar-refractivity contribution is 5.69. The first-order valence-electron chi connectivity index (χ1n) is 5.63. The molecule has 0 bridgehead atoms. The predicted octanol–water partition coefficient (Wildman–Crippen LogP) is 3.22. The summed E-state index contributed by atoms with van der Waals surface area (Å²) in [5, 5.41) is 0. The first kappa shape index (κ1) is 11.3. The second kappa shape index (κ2) is 6.63. The number of allylic oxidation sites excluding steroid dienone is 1. The van der Waals surface area contributed by atoms with E-state index in [0.717, 1.165) is 19.3 Å². The molecule has 0 aliphatic carbocycles. The van der Waals surface area contributed by atoms with Gasteiger partial charge in [0.25, 0.3) is 0 Å². The molecule has 0 saturated carbocycles. The molecule has 0 aromatic rings. The molecule has 0 amide bonds. The van der Waals surface area contributed by atoms with Gasteiger partial charge < -0.3 is 4.74 Å². The molecule has 1 atom stereocenters. The van der Waals surface area contributed by atoms with Crippen LogP contribution in [0.2, 0.25) is 0 Å². The number of cyclic esters (lactones) is 1. The van der Waals surface area contributed by atoms with Crippen LogP contribution < -0.4 is 0 Å². The summed E-state index contributed by atoms with van der Waals surface area (Å²) in [7, 11) is 0. The lowest BCUT2D eigenvalue weighted by molar-refractivity contribution is -0.148. The van der Waals surface area contributed by atoms with Crippen molar-refractivity contribution < 1.29 is 9.53 Å². The number of ether oxygens (including phenoxy) is 1. The Morgan fingerprint density at radius 2 is 2.00 bits per heavy atom. The summed E-state index contributed by atoms with van der Waals surface area (Å²) in [6, 6.07) is 0. The molecule has 0 aromatic heterocycles. The Balaban J connectivity index is 2.36. The van der Waals surface area contributed by atoms with Crippen LogP contribution in [0.4, 0.5) is 0 Å². The van der Waals surface area contributed by atoms with Gasteiger partial charge in [-0.05, 0) is 26.2 Å². The standard InChI is InChI=1S/C12H20O2/c1-11-9-7-5-3-2-4-6-8-10-12(13)14-11/h5,7,11H,2-4,6,8-10H2,1H3/b7-5+/t11-/m1/s1. The van der Waals surface area contributed by atoms with Crippen LogP contribution in [-0.2, 0) is 9.53 Å². The van der Waals surface area contributed by atoms with Gasteiger partial charge in [0.2, 0.25) is 0 Å². The highest BCUT2D eigenvalue weighted by atomic mass is 16.5. The van der Waals surface area contributed by atoms with Crippen molar-refractivity contribution in [2.24, 2.45) is 0 Å². The summed E-state index contributed by atoms with van der Waals surface area (Å²) in [5.41, 5.74) is 0. The van der Waals surface area contributed by atoms with Crippen LogP contribution in [0.1, 0.15) is 51.9 Å². The smallest absolute Gasteiger partial charge is 0.306 e. The molecule has 0 saturated heterocycles. The van der Waals surface area contributed by atoms with E-state index in [4.69, 9.17) is 4.74 Å². The van der Waals surface area contributed by atoms with E-state index in [1.807, 2.05) is 6.92 Å². The van der Waals surface area contributed by atoms with E-state index in [1.54, 1.807) is 0 Å². The Kier molecular flexibility index (Phi) is 5.35. The van der Waals surface area contributed by atoms with Gasteiger partial charge in [-0.3, -0.25) is 4.79 Å². The lowest BCUT2D eigenvalue weighted by atomic mass is 10.1. The number of hydrogen-bond donors (Lipinski definition) is 0. The Hall–Kier alpha value is -0.790. The number of rotatable bonds is 0. The Bertz CT molecular complexity index is 196. The van der Waals surface area contributed by atoms with Crippen molar-refractivity contribution in [1.29, 1.82) is 0 Å². The average Bonchev–Trinajstić information content (AvgIpc) is 2.13. The fourth-order valence-electron chi connectivity index (χ4n) is 1.62. The lowest BCUT2D eigenvalue weighted by Gasteiger charge is -2.11. The van der Waals surface area contributed by atoms with Crippen LogP contribution in [0.15, 0.2) is 12.2 Å². The second-order valence-corrected chi connectivity index (χ2v) is 3.96. The number of carbonyl (C=O) groups excluding carboxylic acids is 1. The van der Waals surface area contributed by atoms with Crippen molar-refractivity contribution in [2.45, 2.75) is 58.0 Å². The molecule has 0 unspecified atom stereocenters. The molecule has 2 nitrogen and oxygen atoms in total. The van der Waals surface area contributed by atoms with Gasteiger partial charge in [0.1, 0.15) is 6.10 Å². The van der Waals surface area contributed by atoms with Crippen molar-refractivity contribution in [1.82, 2.24) is 0 Å². The van der Waals surface area contributed by atoms with Gasteiger partial charge in [0, 0.05) is 12.8 Å². The first-order chi connectivity index (χ1) is 6.79. The minimum absolute atomic E-state index is 0.0357. The van der Waals surface area contributed by atoms with Gasteiger partial charge in [0.15, 0.2) is 0 Å². The maximum absolute atomic E-state index is 11.3. The predicted molar refractivity (Wildman–Crippen MR) is 57.0 cm³/mol. The molecule has 0 N–H and O–H groups in total. The highest BCUT2D eigenvalue weighted by Crippen LogP contribution is 2.10. The molecule has 0 fully saturated rings. The third-order valence-electron chi connectivity index (χ3n) is 2.47. The molecule has 1 heterocycles. The van der Waals surface area contributed by atoms with E-state index in [0.29, 0.717) is 6.42 Å². The van der Waals surface area contributed by atoms with Gasteiger partial charge in [-0.2, -0.15) is 0 Å². The van der Waals surface area contributed by atoms with Crippen LogP contribution in [0.25, 0.3) is 0 Å². The van der Waals surface area contributed by atoms with Gasteiger partial charge in [-0.1, -0.05) is 25.0 Å². The zero-order chi connectivity index (χ0) is 10.2. The van der Waals surface area contributed by atoms with E-state index < -0.39 is 0 Å². The molecule has 14 heavy (non-hydrogen) atoms. The first-order valence-corrected chi connectivity index (χ1v) is 5.63. The molecule has 0 aromatic carbocycles. The van der Waals surface area contributed by atoms with E-state index in [-0.39, 0.29) is 12.1 Å². The molecule has 80 valence electrons. The maximum atomic E-state index is 11.3. The molecule has 1 rings (SSSR count). The molecule has 1 aliphatic heterocycles. The topological polar surface area (TPSA) is 26.3 Å². The van der Waals surface area contributed by atoms with Crippen molar-refractivity contribution in [3.05, 3.63) is 12.2 Å². The van der Waals surface area contributed by atoms with Gasteiger partial charge in [0.05, 0.1) is 0 Å². The maximum Gasteiger partial charge on any atom is 0.306 e. The summed E-state index contributed by atoms with van der Waals surface area (Å²) >= 11 is 0. The van der Waals surface area contributed by atoms with Crippen LogP contribution in [0, 0.1) is 0 Å². The second-order valence-electron chi connectivity index (χ2n) is 3.96. The highest BCUT2D eigenvalue weighted by Gasteiger charge is 2.08. The zero-order valence-corrected chi connectivity index (χ0v) is 9.00. The third-order valence-corrected chi connectivity index (χ3v) is 2.47. The summed E-state index contributed by atoms with van der Waals surface area (Å²) in [6.45, 7) is 1.95. The quantitative estimate of drug-likeness (QED) is 0.439. The summed E-state index contributed by atoms with van der Waals surface area (Å²) in [5.74, 6) is -0.0357. The molecular formula is C12H20O2. The van der Waals surface area contributed by atoms with Crippen molar-refractivity contribution in [3.8, 4) is 0 Å². The van der Waals surface area contributed by atoms with Crippen LogP contribution >= 0.6 is 0 Å². The summed E-state index contributed by atoms with van der Waals surface area (Å²) < 4.78 is 5.23. The molecular weight excluding hydrogens is 176 g/mol. The number of carbonyl (C=O) groups is 1. The third kappa shape index (κ3) is 5.05. The van der Waals surface area contributed by atoms with Crippen molar-refractivity contribution in [3.63, 3.8) is 0 Å². The average molecular weight is 196 g/mol. The fraction of sp³-hybridized carbons (Fsp3) is 0.750. The Morgan fingerprint density at radius 3 is 2.86 bits per heavy atom. The number of esters is 1. The normalized spacial score (nSPS) is 28.4. The van der Waals surface area contributed by atoms with Gasteiger partial charge in [-0.15, -0.1) is 0 Å². The Labute approximate surface area is 86.3 Å². The molecule has 2 heteroatoms. The van der Waals surface area contributed by atoms with Crippen LogP contribution in [0.5, 0.6) is 0 Å². The number of hydrogen-bond acceptors (Lipinski definition) is 2. The SMILES string of the molecule is C[C@@H]1C/C=C/CCCCCCC(=O)O1. The van der Waals surface area contributed by atoms with Crippen LogP contribution in [0.3, 0.4) is 0 Å². The summed E-state index contributed by atoms with van der Waals surface area (Å²) in [4.78, 5) is 11.3. The largest absolute Gasteiger partial charge is 0.462 e. The van der Waals surface area contributed by atoms with E-state index >= 15 is 0 Å². The molecule has 1 aliphatic rings. The van der Waals surface area contributed by atoms with Crippen molar-refractivity contribution >= 4 is 5.97 Å². The van der Waals surface area contributed by atoms with Crippen molar-refractivity contribution in [2.75, 3.05) is 0 Å². The van der Waals surface area contributed by atoms with E-state index in [9.17, 15) is 4.79 Å². The van der Waals surface area contributed by atoms with Gasteiger partial charge in [-0.25, -0.2) is 0 Å².